The summed E-state index contributed by atoms with van der Waals surface area (Å²) in [6.45, 7) is 4.28. The lowest BCUT2D eigenvalue weighted by atomic mass is 10.0. The molecule has 9 nitrogen and oxygen atoms in total. The molecule has 2 aromatic rings. The smallest absolute Gasteiger partial charge is 0.254 e. The van der Waals surface area contributed by atoms with Gasteiger partial charge in [0.25, 0.3) is 5.91 Å². The van der Waals surface area contributed by atoms with Crippen molar-refractivity contribution in [3.63, 3.8) is 0 Å². The maximum Gasteiger partial charge on any atom is 0.254 e. The first-order valence-corrected chi connectivity index (χ1v) is 13.3. The number of nitrogens with zero attached hydrogens (tertiary/aromatic N) is 3. The highest BCUT2D eigenvalue weighted by Crippen LogP contribution is 2.38. The van der Waals surface area contributed by atoms with Gasteiger partial charge >= 0.3 is 0 Å². The van der Waals surface area contributed by atoms with Crippen LogP contribution in [0.5, 0.6) is 11.5 Å². The molecule has 0 unspecified atom stereocenters. The van der Waals surface area contributed by atoms with Gasteiger partial charge in [-0.15, -0.1) is 0 Å². The first-order valence-electron chi connectivity index (χ1n) is 11.9. The Morgan fingerprint density at radius 2 is 1.66 bits per heavy atom. The molecule has 10 heteroatoms. The standard InChI is InChI=1S/C25H29N3O6S/c1-18(29)26-10-12-27(13-11-26)35(31,32)21-5-2-4-20(16-21)25(30)28-9-3-6-22(28)19-7-8-23-24(17-19)34-15-14-33-23/h2,4-5,7-8,16-17,22H,3,6,9-15H2,1H3/t22-/m1/s1. The third kappa shape index (κ3) is 4.60. The fourth-order valence-electron chi connectivity index (χ4n) is 4.97. The number of likely N-dealkylation sites (tertiary alicyclic amines) is 1. The number of benzene rings is 2. The van der Waals surface area contributed by atoms with Crippen molar-refractivity contribution < 1.29 is 27.5 Å². The summed E-state index contributed by atoms with van der Waals surface area (Å²) < 4.78 is 39.2. The Labute approximate surface area is 205 Å². The van der Waals surface area contributed by atoms with Crippen molar-refractivity contribution in [2.75, 3.05) is 45.9 Å². The lowest BCUT2D eigenvalue weighted by Crippen LogP contribution is -2.49. The first-order chi connectivity index (χ1) is 16.8. The molecule has 3 aliphatic heterocycles. The van der Waals surface area contributed by atoms with E-state index in [1.807, 2.05) is 23.1 Å². The molecular formula is C25H29N3O6S. The molecule has 0 aromatic heterocycles. The monoisotopic (exact) mass is 499 g/mol. The molecule has 1 atom stereocenters. The summed E-state index contributed by atoms with van der Waals surface area (Å²) in [4.78, 5) is 28.6. The van der Waals surface area contributed by atoms with Crippen molar-refractivity contribution in [1.82, 2.24) is 14.1 Å². The molecule has 2 amide bonds. The molecule has 2 fully saturated rings. The summed E-state index contributed by atoms with van der Waals surface area (Å²) in [5.74, 6) is 1.14. The lowest BCUT2D eigenvalue weighted by Gasteiger charge is -2.33. The molecule has 0 spiro atoms. The Kier molecular flexibility index (Phi) is 6.41. The van der Waals surface area contributed by atoms with Gasteiger partial charge in [0.2, 0.25) is 15.9 Å². The topological polar surface area (TPSA) is 96.5 Å². The van der Waals surface area contributed by atoms with Crippen LogP contribution in [0.2, 0.25) is 0 Å². The summed E-state index contributed by atoms with van der Waals surface area (Å²) in [5, 5.41) is 0. The average molecular weight is 500 g/mol. The molecule has 0 bridgehead atoms. The van der Waals surface area contributed by atoms with Crippen LogP contribution in [0.4, 0.5) is 0 Å². The predicted octanol–water partition coefficient (Wildman–Crippen LogP) is 2.29. The molecule has 3 heterocycles. The van der Waals surface area contributed by atoms with E-state index in [9.17, 15) is 18.0 Å². The van der Waals surface area contributed by atoms with E-state index >= 15 is 0 Å². The molecule has 2 saturated heterocycles. The zero-order chi connectivity index (χ0) is 24.6. The molecule has 186 valence electrons. The molecule has 2 aromatic carbocycles. The van der Waals surface area contributed by atoms with Gasteiger partial charge in [-0.2, -0.15) is 4.31 Å². The van der Waals surface area contributed by atoms with Crippen LogP contribution >= 0.6 is 0 Å². The van der Waals surface area contributed by atoms with Crippen LogP contribution in [0.25, 0.3) is 0 Å². The molecule has 3 aliphatic rings. The number of carbonyl (C=O) groups is 2. The van der Waals surface area contributed by atoms with Crippen LogP contribution in [0.1, 0.15) is 41.7 Å². The van der Waals surface area contributed by atoms with Crippen LogP contribution in [-0.4, -0.2) is 80.3 Å². The van der Waals surface area contributed by atoms with Gasteiger partial charge in [-0.1, -0.05) is 12.1 Å². The zero-order valence-electron chi connectivity index (χ0n) is 19.7. The third-order valence-electron chi connectivity index (χ3n) is 6.87. The van der Waals surface area contributed by atoms with Gasteiger partial charge in [0.1, 0.15) is 13.2 Å². The van der Waals surface area contributed by atoms with E-state index in [0.717, 1.165) is 18.4 Å². The number of rotatable bonds is 4. The molecule has 0 aliphatic carbocycles. The number of sulfonamides is 1. The second-order valence-corrected chi connectivity index (χ2v) is 10.9. The van der Waals surface area contributed by atoms with E-state index in [-0.39, 0.29) is 35.8 Å². The van der Waals surface area contributed by atoms with Crippen molar-refractivity contribution in [1.29, 1.82) is 0 Å². The summed E-state index contributed by atoms with van der Waals surface area (Å²) >= 11 is 0. The van der Waals surface area contributed by atoms with E-state index in [0.29, 0.717) is 49.9 Å². The Bertz CT molecular complexity index is 1240. The van der Waals surface area contributed by atoms with Crippen LogP contribution in [-0.2, 0) is 14.8 Å². The quantitative estimate of drug-likeness (QED) is 0.641. The fourth-order valence-corrected chi connectivity index (χ4v) is 6.44. The SMILES string of the molecule is CC(=O)N1CCN(S(=O)(=O)c2cccc(C(=O)N3CCC[C@@H]3c3ccc4c(c3)OCCO4)c2)CC1. The van der Waals surface area contributed by atoms with E-state index < -0.39 is 10.0 Å². The summed E-state index contributed by atoms with van der Waals surface area (Å²) in [5.41, 5.74) is 1.32. The first kappa shape index (κ1) is 23.6. The van der Waals surface area contributed by atoms with Gasteiger partial charge < -0.3 is 19.3 Å². The maximum absolute atomic E-state index is 13.5. The van der Waals surface area contributed by atoms with E-state index in [1.165, 1.54) is 23.4 Å². The number of piperazine rings is 1. The minimum absolute atomic E-state index is 0.0622. The number of carbonyl (C=O) groups excluding carboxylic acids is 2. The van der Waals surface area contributed by atoms with E-state index in [1.54, 1.807) is 17.0 Å². The Hall–Kier alpha value is -3.11. The van der Waals surface area contributed by atoms with Gasteiger partial charge in [0, 0.05) is 45.2 Å². The second-order valence-electron chi connectivity index (χ2n) is 9.00. The minimum Gasteiger partial charge on any atom is -0.486 e. The largest absolute Gasteiger partial charge is 0.486 e. The molecule has 0 N–H and O–H groups in total. The van der Waals surface area contributed by atoms with Gasteiger partial charge in [-0.05, 0) is 48.7 Å². The van der Waals surface area contributed by atoms with Gasteiger partial charge in [-0.25, -0.2) is 8.42 Å². The number of ether oxygens (including phenoxy) is 2. The maximum atomic E-state index is 13.5. The van der Waals surface area contributed by atoms with Crippen LogP contribution < -0.4 is 9.47 Å². The Morgan fingerprint density at radius 1 is 0.914 bits per heavy atom. The zero-order valence-corrected chi connectivity index (χ0v) is 20.5. The summed E-state index contributed by atoms with van der Waals surface area (Å²) in [6.07, 6.45) is 1.69. The van der Waals surface area contributed by atoms with Crippen LogP contribution in [0.15, 0.2) is 47.4 Å². The van der Waals surface area contributed by atoms with Gasteiger partial charge in [0.15, 0.2) is 11.5 Å². The highest BCUT2D eigenvalue weighted by atomic mass is 32.2. The molecule has 35 heavy (non-hydrogen) atoms. The number of amides is 2. The van der Waals surface area contributed by atoms with E-state index in [2.05, 4.69) is 0 Å². The van der Waals surface area contributed by atoms with Crippen molar-refractivity contribution in [2.24, 2.45) is 0 Å². The highest BCUT2D eigenvalue weighted by molar-refractivity contribution is 7.89. The Morgan fingerprint density at radius 3 is 2.40 bits per heavy atom. The predicted molar refractivity (Wildman–Crippen MR) is 128 cm³/mol. The number of fused-ring (bicyclic) bond motifs is 1. The molecule has 0 saturated carbocycles. The lowest BCUT2D eigenvalue weighted by molar-refractivity contribution is -0.129. The fraction of sp³-hybridized carbons (Fsp3) is 0.440. The van der Waals surface area contributed by atoms with Crippen LogP contribution in [0, 0.1) is 0 Å². The summed E-state index contributed by atoms with van der Waals surface area (Å²) in [7, 11) is -3.77. The minimum atomic E-state index is -3.77. The molecule has 0 radical (unpaired) electrons. The molecule has 5 rings (SSSR count). The van der Waals surface area contributed by atoms with Gasteiger partial charge in [-0.3, -0.25) is 9.59 Å². The summed E-state index contributed by atoms with van der Waals surface area (Å²) in [6, 6.07) is 11.9. The van der Waals surface area contributed by atoms with Crippen molar-refractivity contribution >= 4 is 21.8 Å². The average Bonchev–Trinajstić information content (AvgIpc) is 3.38. The van der Waals surface area contributed by atoms with Crippen molar-refractivity contribution in [2.45, 2.75) is 30.7 Å². The van der Waals surface area contributed by atoms with Crippen molar-refractivity contribution in [3.8, 4) is 11.5 Å². The third-order valence-corrected chi connectivity index (χ3v) is 8.76. The van der Waals surface area contributed by atoms with E-state index in [4.69, 9.17) is 9.47 Å². The Balaban J connectivity index is 1.35. The second kappa shape index (κ2) is 9.50. The number of hydrogen-bond donors (Lipinski definition) is 0. The van der Waals surface area contributed by atoms with Crippen molar-refractivity contribution in [3.05, 3.63) is 53.6 Å². The normalized spacial score (nSPS) is 20.7. The van der Waals surface area contributed by atoms with Gasteiger partial charge in [0.05, 0.1) is 10.9 Å². The van der Waals surface area contributed by atoms with Crippen LogP contribution in [0.3, 0.4) is 0 Å². The number of hydrogen-bond acceptors (Lipinski definition) is 6. The molecular weight excluding hydrogens is 470 g/mol. The highest BCUT2D eigenvalue weighted by Gasteiger charge is 2.33.